The molecule has 200 valence electrons. The van der Waals surface area contributed by atoms with Crippen LogP contribution in [-0.4, -0.2) is 29.1 Å². The Morgan fingerprint density at radius 1 is 0.972 bits per heavy atom. The van der Waals surface area contributed by atoms with Crippen molar-refractivity contribution in [2.24, 2.45) is 28.1 Å². The topological polar surface area (TPSA) is 60.4 Å². The second-order valence-corrected chi connectivity index (χ2v) is 13.0. The third-order valence-electron chi connectivity index (χ3n) is 9.65. The summed E-state index contributed by atoms with van der Waals surface area (Å²) in [6.45, 7) is 20.3. The normalized spacial score (nSPS) is 37.5. The summed E-state index contributed by atoms with van der Waals surface area (Å²) in [7, 11) is 0. The quantitative estimate of drug-likeness (QED) is 0.234. The van der Waals surface area contributed by atoms with Gasteiger partial charge in [-0.05, 0) is 91.9 Å². The van der Waals surface area contributed by atoms with E-state index in [0.717, 1.165) is 24.8 Å². The predicted octanol–water partition coefficient (Wildman–Crippen LogP) is 7.37. The lowest BCUT2D eigenvalue weighted by Gasteiger charge is -2.61. The number of rotatable bonds is 10. The van der Waals surface area contributed by atoms with E-state index in [2.05, 4.69) is 46.8 Å². The van der Waals surface area contributed by atoms with E-state index in [0.29, 0.717) is 12.8 Å². The van der Waals surface area contributed by atoms with Crippen molar-refractivity contribution in [3.63, 3.8) is 0 Å². The van der Waals surface area contributed by atoms with Crippen molar-refractivity contribution in [3.8, 4) is 0 Å². The van der Waals surface area contributed by atoms with Crippen molar-refractivity contribution in [2.45, 2.75) is 119 Å². The van der Waals surface area contributed by atoms with Gasteiger partial charge in [0.2, 0.25) is 0 Å². The van der Waals surface area contributed by atoms with E-state index in [1.807, 2.05) is 40.7 Å². The Balaban J connectivity index is 2.33. The molecule has 4 heteroatoms. The Morgan fingerprint density at radius 2 is 1.56 bits per heavy atom. The fourth-order valence-corrected chi connectivity index (χ4v) is 7.40. The van der Waals surface area contributed by atoms with Gasteiger partial charge in [0.25, 0.3) is 0 Å². The molecule has 1 saturated carbocycles. The van der Waals surface area contributed by atoms with Gasteiger partial charge in [0.05, 0.1) is 11.5 Å². The van der Waals surface area contributed by atoms with E-state index in [1.54, 1.807) is 0 Å². The van der Waals surface area contributed by atoms with E-state index in [9.17, 15) is 14.4 Å². The van der Waals surface area contributed by atoms with E-state index < -0.39 is 27.9 Å². The Hall–Kier alpha value is -1.81. The van der Waals surface area contributed by atoms with Gasteiger partial charge in [0, 0.05) is 12.3 Å². The number of ketones is 3. The minimum atomic E-state index is -1.54. The molecule has 1 unspecified atom stereocenters. The first-order valence-corrected chi connectivity index (χ1v) is 13.9. The molecule has 0 spiro atoms. The van der Waals surface area contributed by atoms with Gasteiger partial charge in [0.1, 0.15) is 5.41 Å². The molecule has 4 nitrogen and oxygen atoms in total. The van der Waals surface area contributed by atoms with Crippen LogP contribution in [0.2, 0.25) is 0 Å². The van der Waals surface area contributed by atoms with Gasteiger partial charge in [-0.3, -0.25) is 14.4 Å². The first-order valence-electron chi connectivity index (χ1n) is 13.9. The first-order chi connectivity index (χ1) is 16.6. The Morgan fingerprint density at radius 3 is 2.08 bits per heavy atom. The summed E-state index contributed by atoms with van der Waals surface area (Å²) in [6, 6.07) is 0. The first kappa shape index (κ1) is 28.8. The molecule has 3 rings (SSSR count). The van der Waals surface area contributed by atoms with Gasteiger partial charge >= 0.3 is 0 Å². The van der Waals surface area contributed by atoms with E-state index >= 15 is 0 Å². The molecule has 36 heavy (non-hydrogen) atoms. The summed E-state index contributed by atoms with van der Waals surface area (Å²) < 4.78 is 6.63. The average Bonchev–Trinajstić information content (AvgIpc) is 3.20. The van der Waals surface area contributed by atoms with Crippen LogP contribution in [-0.2, 0) is 19.1 Å². The highest BCUT2D eigenvalue weighted by molar-refractivity contribution is 6.27. The summed E-state index contributed by atoms with van der Waals surface area (Å²) in [6.07, 6.45) is 9.46. The largest absolute Gasteiger partial charge is 0.353 e. The molecular weight excluding hydrogens is 448 g/mol. The third kappa shape index (κ3) is 3.94. The van der Waals surface area contributed by atoms with Gasteiger partial charge in [-0.15, -0.1) is 0 Å². The lowest BCUT2D eigenvalue weighted by Crippen LogP contribution is -2.73. The van der Waals surface area contributed by atoms with Crippen LogP contribution >= 0.6 is 0 Å². The van der Waals surface area contributed by atoms with Crippen LogP contribution < -0.4 is 0 Å². The van der Waals surface area contributed by atoms with Gasteiger partial charge in [0.15, 0.2) is 23.0 Å². The molecule has 1 aliphatic carbocycles. The van der Waals surface area contributed by atoms with Crippen LogP contribution in [0.3, 0.4) is 0 Å². The maximum absolute atomic E-state index is 14.8. The lowest BCUT2D eigenvalue weighted by atomic mass is 9.37. The highest BCUT2D eigenvalue weighted by Gasteiger charge is 2.87. The molecule has 2 bridgehead atoms. The highest BCUT2D eigenvalue weighted by Crippen LogP contribution is 2.73. The van der Waals surface area contributed by atoms with Crippen molar-refractivity contribution in [3.05, 3.63) is 34.9 Å². The number of Topliss-reactive ketones (excluding diaryl/α,β-unsaturated/α-hetero) is 3. The standard InChI is InChI=1S/C32H48O4/c1-11-23(8)25(33)32-27(35)31(18-16-22(6)7)26(34)29(9,28(32)36-31)19-24(15-14-21(4)5)30(32,10)17-12-13-20(2)3/h13-14,16,23-24,28H,11-12,15,17-19H2,1-10H3/t23-,24-,28+,29+,30+,31+,32?/m0/s1. The molecule has 0 amide bonds. The van der Waals surface area contributed by atoms with Crippen LogP contribution in [0.25, 0.3) is 0 Å². The summed E-state index contributed by atoms with van der Waals surface area (Å²) in [5, 5.41) is 0. The summed E-state index contributed by atoms with van der Waals surface area (Å²) in [4.78, 5) is 43.5. The van der Waals surface area contributed by atoms with Crippen LogP contribution in [0.5, 0.6) is 0 Å². The zero-order valence-electron chi connectivity index (χ0n) is 24.3. The molecule has 2 heterocycles. The van der Waals surface area contributed by atoms with Crippen LogP contribution in [0, 0.1) is 28.1 Å². The zero-order chi connectivity index (χ0) is 27.3. The smallest absolute Gasteiger partial charge is 0.189 e. The van der Waals surface area contributed by atoms with Crippen LogP contribution in [0.1, 0.15) is 108 Å². The minimum Gasteiger partial charge on any atom is -0.353 e. The Labute approximate surface area is 219 Å². The molecule has 2 aliphatic heterocycles. The molecule has 2 saturated heterocycles. The SMILES string of the molecule is CC[C@H](C)C(=O)C12C(=O)[C@]3(CC=C(C)C)O[C@@H]1[C@](C)(C[C@H](CC=C(C)C)[C@@]2(C)CCC=C(C)C)C3=O. The Kier molecular flexibility index (Phi) is 7.84. The molecule has 0 aromatic rings. The number of carbonyl (C=O) groups excluding carboxylic acids is 3. The van der Waals surface area contributed by atoms with E-state index in [-0.39, 0.29) is 35.6 Å². The van der Waals surface area contributed by atoms with Crippen LogP contribution in [0.15, 0.2) is 34.9 Å². The van der Waals surface area contributed by atoms with Gasteiger partial charge in [-0.25, -0.2) is 0 Å². The van der Waals surface area contributed by atoms with Gasteiger partial charge < -0.3 is 4.74 Å². The van der Waals surface area contributed by atoms with Crippen molar-refractivity contribution < 1.29 is 19.1 Å². The molecule has 7 atom stereocenters. The maximum Gasteiger partial charge on any atom is 0.189 e. The predicted molar refractivity (Wildman–Crippen MR) is 146 cm³/mol. The summed E-state index contributed by atoms with van der Waals surface area (Å²) in [5.74, 6) is -0.625. The molecule has 3 aliphatic rings. The summed E-state index contributed by atoms with van der Waals surface area (Å²) in [5.41, 5.74) is -0.832. The van der Waals surface area contributed by atoms with Gasteiger partial charge in [-0.1, -0.05) is 55.7 Å². The fourth-order valence-electron chi connectivity index (χ4n) is 7.40. The van der Waals surface area contributed by atoms with Crippen molar-refractivity contribution in [1.82, 2.24) is 0 Å². The monoisotopic (exact) mass is 496 g/mol. The zero-order valence-corrected chi connectivity index (χ0v) is 24.3. The van der Waals surface area contributed by atoms with Gasteiger partial charge in [-0.2, -0.15) is 0 Å². The number of hydrogen-bond donors (Lipinski definition) is 0. The lowest BCUT2D eigenvalue weighted by molar-refractivity contribution is -0.184. The average molecular weight is 497 g/mol. The molecule has 0 aromatic carbocycles. The molecule has 0 radical (unpaired) electrons. The number of ether oxygens (including phenoxy) is 1. The van der Waals surface area contributed by atoms with Crippen LogP contribution in [0.4, 0.5) is 0 Å². The number of hydrogen-bond acceptors (Lipinski definition) is 4. The Bertz CT molecular complexity index is 1020. The van der Waals surface area contributed by atoms with Crippen molar-refractivity contribution >= 4 is 17.3 Å². The minimum absolute atomic E-state index is 0.0144. The molecular formula is C32H48O4. The number of carbonyl (C=O) groups is 3. The third-order valence-corrected chi connectivity index (χ3v) is 9.65. The van der Waals surface area contributed by atoms with E-state index in [1.165, 1.54) is 11.1 Å². The fraction of sp³-hybridized carbons (Fsp3) is 0.719. The van der Waals surface area contributed by atoms with E-state index in [4.69, 9.17) is 4.74 Å². The maximum atomic E-state index is 14.8. The molecule has 0 N–H and O–H groups in total. The van der Waals surface area contributed by atoms with Crippen molar-refractivity contribution in [2.75, 3.05) is 0 Å². The summed E-state index contributed by atoms with van der Waals surface area (Å²) >= 11 is 0. The number of allylic oxidation sites excluding steroid dienone is 5. The highest BCUT2D eigenvalue weighted by atomic mass is 16.5. The van der Waals surface area contributed by atoms with Crippen molar-refractivity contribution in [1.29, 1.82) is 0 Å². The molecule has 3 fully saturated rings. The number of fused-ring (bicyclic) bond motifs is 1. The molecule has 0 aromatic heterocycles. The second-order valence-electron chi connectivity index (χ2n) is 13.0. The second kappa shape index (κ2) is 9.82.